The summed E-state index contributed by atoms with van der Waals surface area (Å²) in [6.45, 7) is 3.09. The lowest BCUT2D eigenvalue weighted by Crippen LogP contribution is -2.38. The van der Waals surface area contributed by atoms with E-state index in [1.807, 2.05) is 0 Å². The van der Waals surface area contributed by atoms with Crippen LogP contribution >= 0.6 is 0 Å². The van der Waals surface area contributed by atoms with Crippen molar-refractivity contribution in [2.45, 2.75) is 25.9 Å². The van der Waals surface area contributed by atoms with Crippen LogP contribution in [0.3, 0.4) is 0 Å². The summed E-state index contributed by atoms with van der Waals surface area (Å²) in [5.74, 6) is -1.86. The lowest BCUT2D eigenvalue weighted by Gasteiger charge is -2.21. The number of halogens is 2. The SMILES string of the molecule is CC(Oc1ccc(F)c(F)c1)C(=O)N1CCCC1. The van der Waals surface area contributed by atoms with Gasteiger partial charge in [0.05, 0.1) is 0 Å². The molecule has 0 radical (unpaired) electrons. The summed E-state index contributed by atoms with van der Waals surface area (Å²) in [6.07, 6.45) is 1.32. The third kappa shape index (κ3) is 2.78. The van der Waals surface area contributed by atoms with Crippen molar-refractivity contribution in [1.82, 2.24) is 4.90 Å². The molecule has 1 aliphatic rings. The van der Waals surface area contributed by atoms with Crippen LogP contribution in [0.4, 0.5) is 8.78 Å². The number of hydrogen-bond donors (Lipinski definition) is 0. The second kappa shape index (κ2) is 5.33. The van der Waals surface area contributed by atoms with Gasteiger partial charge in [-0.15, -0.1) is 0 Å². The molecule has 0 N–H and O–H groups in total. The molecule has 98 valence electrons. The Morgan fingerprint density at radius 2 is 1.94 bits per heavy atom. The van der Waals surface area contributed by atoms with E-state index in [0.717, 1.165) is 38.1 Å². The summed E-state index contributed by atoms with van der Waals surface area (Å²) >= 11 is 0. The summed E-state index contributed by atoms with van der Waals surface area (Å²) in [5.41, 5.74) is 0. The van der Waals surface area contributed by atoms with Crippen LogP contribution in [0.1, 0.15) is 19.8 Å². The summed E-state index contributed by atoms with van der Waals surface area (Å²) in [6, 6.07) is 3.24. The van der Waals surface area contributed by atoms with Gasteiger partial charge >= 0.3 is 0 Å². The van der Waals surface area contributed by atoms with E-state index in [1.165, 1.54) is 6.07 Å². The van der Waals surface area contributed by atoms with E-state index >= 15 is 0 Å². The Labute approximate surface area is 104 Å². The van der Waals surface area contributed by atoms with E-state index in [2.05, 4.69) is 0 Å². The van der Waals surface area contributed by atoms with Crippen LogP contribution in [0.5, 0.6) is 5.75 Å². The van der Waals surface area contributed by atoms with Crippen molar-refractivity contribution in [3.05, 3.63) is 29.8 Å². The highest BCUT2D eigenvalue weighted by molar-refractivity contribution is 5.81. The Bertz CT molecular complexity index is 445. The third-order valence-electron chi connectivity index (χ3n) is 2.97. The van der Waals surface area contributed by atoms with Crippen molar-refractivity contribution in [2.75, 3.05) is 13.1 Å². The van der Waals surface area contributed by atoms with Gasteiger partial charge in [0.1, 0.15) is 5.75 Å². The van der Waals surface area contributed by atoms with Gasteiger partial charge in [-0.1, -0.05) is 0 Å². The molecule has 1 atom stereocenters. The first kappa shape index (κ1) is 12.8. The van der Waals surface area contributed by atoms with Gasteiger partial charge in [0.25, 0.3) is 5.91 Å². The van der Waals surface area contributed by atoms with Crippen LogP contribution in [-0.2, 0) is 4.79 Å². The lowest BCUT2D eigenvalue weighted by molar-refractivity contribution is -0.136. The van der Waals surface area contributed by atoms with Gasteiger partial charge in [0.15, 0.2) is 17.7 Å². The molecule has 2 rings (SSSR count). The maximum absolute atomic E-state index is 13.0. The zero-order chi connectivity index (χ0) is 13.1. The summed E-state index contributed by atoms with van der Waals surface area (Å²) < 4.78 is 31.0. The Balaban J connectivity index is 1.99. The van der Waals surface area contributed by atoms with Gasteiger partial charge in [-0.05, 0) is 31.9 Å². The van der Waals surface area contributed by atoms with Gasteiger partial charge in [0, 0.05) is 19.2 Å². The van der Waals surface area contributed by atoms with Crippen molar-refractivity contribution in [3.63, 3.8) is 0 Å². The van der Waals surface area contributed by atoms with Gasteiger partial charge in [-0.3, -0.25) is 4.79 Å². The normalized spacial score (nSPS) is 16.7. The second-order valence-corrected chi connectivity index (χ2v) is 4.37. The molecule has 1 aromatic rings. The first-order chi connectivity index (χ1) is 8.58. The van der Waals surface area contributed by atoms with Crippen LogP contribution in [-0.4, -0.2) is 30.0 Å². The van der Waals surface area contributed by atoms with E-state index in [1.54, 1.807) is 11.8 Å². The topological polar surface area (TPSA) is 29.5 Å². The van der Waals surface area contributed by atoms with Crippen LogP contribution in [0, 0.1) is 11.6 Å². The van der Waals surface area contributed by atoms with E-state index in [-0.39, 0.29) is 11.7 Å². The number of ether oxygens (including phenoxy) is 1. The Kier molecular flexibility index (Phi) is 3.79. The highest BCUT2D eigenvalue weighted by atomic mass is 19.2. The summed E-state index contributed by atoms with van der Waals surface area (Å²) in [7, 11) is 0. The Hall–Kier alpha value is -1.65. The molecular formula is C13H15F2NO2. The third-order valence-corrected chi connectivity index (χ3v) is 2.97. The number of rotatable bonds is 3. The van der Waals surface area contributed by atoms with Crippen LogP contribution < -0.4 is 4.74 Å². The molecule has 0 spiro atoms. The fraction of sp³-hybridized carbons (Fsp3) is 0.462. The van der Waals surface area contributed by atoms with E-state index in [4.69, 9.17) is 4.74 Å². The van der Waals surface area contributed by atoms with Crippen molar-refractivity contribution in [2.24, 2.45) is 0 Å². The minimum Gasteiger partial charge on any atom is -0.481 e. The van der Waals surface area contributed by atoms with Crippen molar-refractivity contribution in [1.29, 1.82) is 0 Å². The average molecular weight is 255 g/mol. The molecule has 1 aliphatic heterocycles. The molecule has 1 aromatic carbocycles. The molecule has 1 amide bonds. The first-order valence-corrected chi connectivity index (χ1v) is 5.98. The molecule has 0 aliphatic carbocycles. The fourth-order valence-corrected chi connectivity index (χ4v) is 2.00. The minimum atomic E-state index is -0.978. The standard InChI is InChI=1S/C13H15F2NO2/c1-9(13(17)16-6-2-3-7-16)18-10-4-5-11(14)12(15)8-10/h4-5,8-9H,2-3,6-7H2,1H3. The van der Waals surface area contributed by atoms with Crippen LogP contribution in [0.25, 0.3) is 0 Å². The molecule has 1 saturated heterocycles. The molecule has 0 bridgehead atoms. The number of carbonyl (C=O) groups is 1. The number of benzene rings is 1. The Morgan fingerprint density at radius 1 is 1.28 bits per heavy atom. The summed E-state index contributed by atoms with van der Waals surface area (Å²) in [4.78, 5) is 13.7. The van der Waals surface area contributed by atoms with Crippen LogP contribution in [0.15, 0.2) is 18.2 Å². The highest BCUT2D eigenvalue weighted by Crippen LogP contribution is 2.18. The zero-order valence-corrected chi connectivity index (χ0v) is 10.2. The molecule has 1 heterocycles. The molecule has 1 unspecified atom stereocenters. The van der Waals surface area contributed by atoms with E-state index in [0.29, 0.717) is 0 Å². The van der Waals surface area contributed by atoms with Gasteiger partial charge in [-0.2, -0.15) is 0 Å². The Morgan fingerprint density at radius 3 is 2.56 bits per heavy atom. The van der Waals surface area contributed by atoms with Gasteiger partial charge < -0.3 is 9.64 Å². The number of hydrogen-bond acceptors (Lipinski definition) is 2. The van der Waals surface area contributed by atoms with E-state index in [9.17, 15) is 13.6 Å². The largest absolute Gasteiger partial charge is 0.481 e. The maximum atomic E-state index is 13.0. The number of likely N-dealkylation sites (tertiary alicyclic amines) is 1. The molecule has 0 saturated carbocycles. The van der Waals surface area contributed by atoms with E-state index < -0.39 is 17.7 Å². The van der Waals surface area contributed by atoms with Gasteiger partial charge in [-0.25, -0.2) is 8.78 Å². The lowest BCUT2D eigenvalue weighted by atomic mass is 10.3. The quantitative estimate of drug-likeness (QED) is 0.829. The maximum Gasteiger partial charge on any atom is 0.263 e. The predicted molar refractivity (Wildman–Crippen MR) is 62.3 cm³/mol. The monoisotopic (exact) mass is 255 g/mol. The minimum absolute atomic E-state index is 0.114. The first-order valence-electron chi connectivity index (χ1n) is 5.98. The molecule has 1 fully saturated rings. The second-order valence-electron chi connectivity index (χ2n) is 4.37. The summed E-state index contributed by atoms with van der Waals surface area (Å²) in [5, 5.41) is 0. The predicted octanol–water partition coefficient (Wildman–Crippen LogP) is 2.35. The number of nitrogens with zero attached hydrogens (tertiary/aromatic N) is 1. The van der Waals surface area contributed by atoms with Crippen molar-refractivity contribution >= 4 is 5.91 Å². The van der Waals surface area contributed by atoms with Crippen molar-refractivity contribution < 1.29 is 18.3 Å². The molecule has 5 heteroatoms. The van der Waals surface area contributed by atoms with Gasteiger partial charge in [0.2, 0.25) is 0 Å². The van der Waals surface area contributed by atoms with Crippen LogP contribution in [0.2, 0.25) is 0 Å². The molecule has 0 aromatic heterocycles. The smallest absolute Gasteiger partial charge is 0.263 e. The highest BCUT2D eigenvalue weighted by Gasteiger charge is 2.24. The number of carbonyl (C=O) groups excluding carboxylic acids is 1. The average Bonchev–Trinajstić information content (AvgIpc) is 2.86. The zero-order valence-electron chi connectivity index (χ0n) is 10.2. The molecule has 18 heavy (non-hydrogen) atoms. The fourth-order valence-electron chi connectivity index (χ4n) is 2.00. The molecular weight excluding hydrogens is 240 g/mol. The van der Waals surface area contributed by atoms with Crippen molar-refractivity contribution in [3.8, 4) is 5.75 Å². The number of amides is 1. The molecule has 3 nitrogen and oxygen atoms in total.